The number of para-hydroxylation sites is 2. The summed E-state index contributed by atoms with van der Waals surface area (Å²) >= 11 is 0. The van der Waals surface area contributed by atoms with Crippen LogP contribution in [0.15, 0.2) is 137 Å². The fourth-order valence-corrected chi connectivity index (χ4v) is 7.60. The predicted octanol–water partition coefficient (Wildman–Crippen LogP) is 10.8. The number of pyridine rings is 2. The van der Waals surface area contributed by atoms with E-state index in [0.29, 0.717) is 0 Å². The summed E-state index contributed by atoms with van der Waals surface area (Å²) in [7, 11) is 0. The first-order valence-corrected chi connectivity index (χ1v) is 15.0. The molecule has 0 bridgehead atoms. The fourth-order valence-electron chi connectivity index (χ4n) is 7.60. The van der Waals surface area contributed by atoms with Crippen molar-refractivity contribution in [3.8, 4) is 22.3 Å². The molecular weight excluding hydrogens is 554 g/mol. The molecule has 208 valence electrons. The minimum absolute atomic E-state index is 0.879. The van der Waals surface area contributed by atoms with Crippen molar-refractivity contribution >= 4 is 82.0 Å². The first-order chi connectivity index (χ1) is 22.3. The van der Waals surface area contributed by atoms with Gasteiger partial charge in [0.2, 0.25) is 0 Å². The van der Waals surface area contributed by atoms with E-state index < -0.39 is 0 Å². The molecule has 5 aromatic carbocycles. The summed E-state index contributed by atoms with van der Waals surface area (Å²) in [4.78, 5) is 9.09. The Balaban J connectivity index is 1.30. The van der Waals surface area contributed by atoms with Crippen molar-refractivity contribution in [1.82, 2.24) is 14.4 Å². The van der Waals surface area contributed by atoms with Gasteiger partial charge >= 0.3 is 0 Å². The summed E-state index contributed by atoms with van der Waals surface area (Å²) in [6, 6.07) is 36.3. The van der Waals surface area contributed by atoms with Crippen LogP contribution in [0.4, 0.5) is 0 Å². The van der Waals surface area contributed by atoms with Gasteiger partial charge in [0.15, 0.2) is 0 Å². The van der Waals surface area contributed by atoms with E-state index in [1.54, 1.807) is 0 Å². The second-order valence-electron chi connectivity index (χ2n) is 11.8. The van der Waals surface area contributed by atoms with E-state index in [-0.39, 0.29) is 0 Å². The maximum atomic E-state index is 6.36. The molecule has 45 heavy (non-hydrogen) atoms. The number of aromatic nitrogens is 3. The van der Waals surface area contributed by atoms with E-state index in [1.165, 1.54) is 16.3 Å². The van der Waals surface area contributed by atoms with E-state index >= 15 is 0 Å². The topological polar surface area (TPSA) is 56.5 Å². The average molecular weight is 576 g/mol. The third-order valence-electron chi connectivity index (χ3n) is 9.52. The molecule has 0 fully saturated rings. The molecule has 6 heterocycles. The van der Waals surface area contributed by atoms with Gasteiger partial charge in [-0.3, -0.25) is 9.97 Å². The van der Waals surface area contributed by atoms with Gasteiger partial charge in [-0.2, -0.15) is 0 Å². The number of benzene rings is 5. The zero-order valence-corrected chi connectivity index (χ0v) is 23.8. The molecule has 0 atom stereocenters. The molecule has 0 aliphatic heterocycles. The number of rotatable bonds is 2. The van der Waals surface area contributed by atoms with Crippen molar-refractivity contribution in [1.29, 1.82) is 0 Å². The zero-order valence-electron chi connectivity index (χ0n) is 23.8. The lowest BCUT2D eigenvalue weighted by molar-refractivity contribution is 0.668. The van der Waals surface area contributed by atoms with Gasteiger partial charge in [-0.1, -0.05) is 48.5 Å². The van der Waals surface area contributed by atoms with E-state index in [1.807, 2.05) is 49.1 Å². The van der Waals surface area contributed by atoms with Crippen LogP contribution in [0.25, 0.3) is 104 Å². The summed E-state index contributed by atoms with van der Waals surface area (Å²) < 4.78 is 15.1. The summed E-state index contributed by atoms with van der Waals surface area (Å²) in [6.45, 7) is 0. The van der Waals surface area contributed by atoms with Crippen molar-refractivity contribution < 1.29 is 8.83 Å². The quantitative estimate of drug-likeness (QED) is 0.206. The highest BCUT2D eigenvalue weighted by molar-refractivity contribution is 6.30. The summed E-state index contributed by atoms with van der Waals surface area (Å²) in [5, 5.41) is 9.21. The van der Waals surface area contributed by atoms with Crippen LogP contribution in [-0.2, 0) is 0 Å². The molecule has 5 nitrogen and oxygen atoms in total. The highest BCUT2D eigenvalue weighted by atomic mass is 16.3. The van der Waals surface area contributed by atoms with Crippen LogP contribution < -0.4 is 0 Å². The van der Waals surface area contributed by atoms with Gasteiger partial charge in [-0.15, -0.1) is 0 Å². The number of nitrogens with zero attached hydrogens (tertiary/aromatic N) is 3. The summed E-state index contributed by atoms with van der Waals surface area (Å²) in [5.74, 6) is 0. The van der Waals surface area contributed by atoms with Crippen molar-refractivity contribution in [2.45, 2.75) is 0 Å². The molecule has 11 aromatic rings. The van der Waals surface area contributed by atoms with Crippen LogP contribution in [0.3, 0.4) is 0 Å². The van der Waals surface area contributed by atoms with E-state index in [4.69, 9.17) is 8.83 Å². The molecule has 0 amide bonds. The molecule has 5 heteroatoms. The smallest absolute Gasteiger partial charge is 0.136 e. The molecule has 0 saturated carbocycles. The predicted molar refractivity (Wildman–Crippen MR) is 182 cm³/mol. The Labute approximate surface area is 254 Å². The monoisotopic (exact) mass is 575 g/mol. The number of furan rings is 2. The number of fused-ring (bicyclic) bond motifs is 12. The molecule has 0 N–H and O–H groups in total. The van der Waals surface area contributed by atoms with E-state index in [0.717, 1.165) is 87.9 Å². The third kappa shape index (κ3) is 2.97. The Hall–Kier alpha value is -6.20. The molecule has 0 spiro atoms. The molecule has 0 aliphatic rings. The van der Waals surface area contributed by atoms with Crippen LogP contribution in [0.2, 0.25) is 0 Å². The van der Waals surface area contributed by atoms with Gasteiger partial charge in [-0.05, 0) is 76.9 Å². The fraction of sp³-hybridized carbons (Fsp3) is 0. The van der Waals surface area contributed by atoms with Gasteiger partial charge in [0.05, 0.1) is 28.9 Å². The van der Waals surface area contributed by atoms with Gasteiger partial charge in [0.1, 0.15) is 22.3 Å². The van der Waals surface area contributed by atoms with Crippen molar-refractivity contribution in [3.63, 3.8) is 0 Å². The third-order valence-corrected chi connectivity index (χ3v) is 9.52. The minimum atomic E-state index is 0.879. The van der Waals surface area contributed by atoms with Crippen LogP contribution in [-0.4, -0.2) is 14.4 Å². The van der Waals surface area contributed by atoms with Crippen LogP contribution in [0.1, 0.15) is 0 Å². The lowest BCUT2D eigenvalue weighted by Crippen LogP contribution is -1.87. The van der Waals surface area contributed by atoms with Crippen LogP contribution in [0, 0.1) is 0 Å². The standard InChI is InChI=1S/C40H21N3O2/c1-3-7-34-24(5-1)26-11-9-22(17-36(26)44-34)30-19-31(23-10-12-27-25-6-2-4-8-35(25)45-37(27)18-23)39-29-14-16-42-21-33(29)43-32-20-41-15-13-28(32)38(30)40(39)43/h1-21H. The second-order valence-corrected chi connectivity index (χ2v) is 11.8. The maximum Gasteiger partial charge on any atom is 0.136 e. The first kappa shape index (κ1) is 23.3. The lowest BCUT2D eigenvalue weighted by Gasteiger charge is -2.12. The van der Waals surface area contributed by atoms with Gasteiger partial charge in [0.25, 0.3) is 0 Å². The van der Waals surface area contributed by atoms with Crippen molar-refractivity contribution in [2.24, 2.45) is 0 Å². The molecular formula is C40H21N3O2. The first-order valence-electron chi connectivity index (χ1n) is 15.0. The van der Waals surface area contributed by atoms with Crippen LogP contribution in [0.5, 0.6) is 0 Å². The highest BCUT2D eigenvalue weighted by Gasteiger charge is 2.25. The Kier molecular flexibility index (Phi) is 4.26. The minimum Gasteiger partial charge on any atom is -0.456 e. The Morgan fingerprint density at radius 1 is 0.444 bits per heavy atom. The number of hydrogen-bond acceptors (Lipinski definition) is 4. The molecule has 0 aliphatic carbocycles. The van der Waals surface area contributed by atoms with E-state index in [9.17, 15) is 0 Å². The molecule has 11 rings (SSSR count). The van der Waals surface area contributed by atoms with Gasteiger partial charge in [-0.25, -0.2) is 0 Å². The van der Waals surface area contributed by atoms with Gasteiger partial charge in [0, 0.05) is 55.5 Å². The SMILES string of the molecule is c1ccc2c(c1)oc1cc(-c3cc(-c4ccc5c(c4)oc4ccccc45)c4c5ccncc5n5c6cnccc6c3c45)ccc12. The molecule has 0 unspecified atom stereocenters. The molecule has 0 radical (unpaired) electrons. The Morgan fingerprint density at radius 2 is 0.933 bits per heavy atom. The second kappa shape index (κ2) is 8.24. The summed E-state index contributed by atoms with van der Waals surface area (Å²) in [5.41, 5.74) is 11.3. The lowest BCUT2D eigenvalue weighted by atomic mass is 9.90. The van der Waals surface area contributed by atoms with E-state index in [2.05, 4.69) is 93.2 Å². The maximum absolute atomic E-state index is 6.36. The Morgan fingerprint density at radius 3 is 1.47 bits per heavy atom. The highest BCUT2D eigenvalue weighted by Crippen LogP contribution is 2.48. The molecule has 0 saturated heterocycles. The molecule has 6 aromatic heterocycles. The Bertz CT molecular complexity index is 2800. The normalized spacial score (nSPS) is 12.4. The van der Waals surface area contributed by atoms with Crippen molar-refractivity contribution in [2.75, 3.05) is 0 Å². The zero-order chi connectivity index (χ0) is 29.2. The van der Waals surface area contributed by atoms with Crippen molar-refractivity contribution in [3.05, 3.63) is 128 Å². The van der Waals surface area contributed by atoms with Crippen LogP contribution >= 0.6 is 0 Å². The summed E-state index contributed by atoms with van der Waals surface area (Å²) in [6.07, 6.45) is 7.70. The average Bonchev–Trinajstić information content (AvgIpc) is 3.84. The van der Waals surface area contributed by atoms with Gasteiger partial charge < -0.3 is 13.2 Å². The largest absolute Gasteiger partial charge is 0.456 e. The number of hydrogen-bond donors (Lipinski definition) is 0.